The number of hydrogen-bond donors (Lipinski definition) is 0. The highest BCUT2D eigenvalue weighted by molar-refractivity contribution is 7.27. The maximum absolute atomic E-state index is 6.32. The fourth-order valence-corrected chi connectivity index (χ4v) is 9.51. The van der Waals surface area contributed by atoms with Gasteiger partial charge < -0.3 is 14.2 Å². The molecule has 54 heavy (non-hydrogen) atoms. The molecule has 11 rings (SSSR count). The minimum Gasteiger partial charge on any atom is -0.456 e. The van der Waals surface area contributed by atoms with Crippen molar-refractivity contribution in [3.8, 4) is 0 Å². The Bertz CT molecular complexity index is 3140. The summed E-state index contributed by atoms with van der Waals surface area (Å²) >= 11 is 1.87. The third-order valence-corrected chi connectivity index (χ3v) is 11.9. The monoisotopic (exact) mass is 708 g/mol. The number of fused-ring (bicyclic) bond motifs is 9. The molecule has 9 aromatic carbocycles. The van der Waals surface area contributed by atoms with Gasteiger partial charge in [0, 0.05) is 44.0 Å². The Morgan fingerprint density at radius 1 is 0.315 bits per heavy atom. The van der Waals surface area contributed by atoms with Crippen molar-refractivity contribution in [3.63, 3.8) is 0 Å². The van der Waals surface area contributed by atoms with Crippen LogP contribution in [0.15, 0.2) is 199 Å². The second-order valence-corrected chi connectivity index (χ2v) is 14.7. The lowest BCUT2D eigenvalue weighted by atomic mass is 9.98. The molecule has 0 bridgehead atoms. The van der Waals surface area contributed by atoms with Gasteiger partial charge in [-0.1, -0.05) is 127 Å². The summed E-state index contributed by atoms with van der Waals surface area (Å²) in [5.41, 5.74) is 8.54. The van der Waals surface area contributed by atoms with Crippen LogP contribution in [0.2, 0.25) is 0 Å². The van der Waals surface area contributed by atoms with Gasteiger partial charge in [0.25, 0.3) is 0 Å². The van der Waals surface area contributed by atoms with Crippen molar-refractivity contribution in [2.24, 2.45) is 0 Å². The van der Waals surface area contributed by atoms with E-state index in [0.717, 1.165) is 56.1 Å². The second kappa shape index (κ2) is 12.4. The minimum atomic E-state index is 0.884. The highest BCUT2D eigenvalue weighted by Gasteiger charge is 2.24. The topological polar surface area (TPSA) is 19.6 Å². The van der Waals surface area contributed by atoms with E-state index < -0.39 is 0 Å². The molecule has 3 nitrogen and oxygen atoms in total. The maximum atomic E-state index is 6.32. The maximum Gasteiger partial charge on any atom is 0.135 e. The lowest BCUT2D eigenvalue weighted by molar-refractivity contribution is 0.669. The Morgan fingerprint density at radius 2 is 0.852 bits per heavy atom. The van der Waals surface area contributed by atoms with Gasteiger partial charge in [0.1, 0.15) is 11.2 Å². The van der Waals surface area contributed by atoms with Crippen molar-refractivity contribution in [1.82, 2.24) is 0 Å². The molecule has 4 heteroatoms. The first-order chi connectivity index (χ1) is 26.8. The van der Waals surface area contributed by atoms with Crippen LogP contribution in [0.3, 0.4) is 0 Å². The van der Waals surface area contributed by atoms with Crippen LogP contribution in [0, 0.1) is 0 Å². The Labute approximate surface area is 316 Å². The molecule has 2 heterocycles. The van der Waals surface area contributed by atoms with Gasteiger partial charge in [-0.3, -0.25) is 0 Å². The van der Waals surface area contributed by atoms with E-state index in [0.29, 0.717) is 0 Å². The van der Waals surface area contributed by atoms with E-state index in [2.05, 4.69) is 192 Å². The van der Waals surface area contributed by atoms with Gasteiger partial charge in [-0.2, -0.15) is 0 Å². The molecule has 0 N–H and O–H groups in total. The summed E-state index contributed by atoms with van der Waals surface area (Å²) in [6.45, 7) is 0. The van der Waals surface area contributed by atoms with E-state index in [4.69, 9.17) is 4.42 Å². The third-order valence-electron chi connectivity index (χ3n) is 10.6. The van der Waals surface area contributed by atoms with Crippen LogP contribution in [0.5, 0.6) is 0 Å². The van der Waals surface area contributed by atoms with Gasteiger partial charge in [0.2, 0.25) is 0 Å². The molecule has 0 saturated heterocycles. The predicted molar refractivity (Wildman–Crippen MR) is 231 cm³/mol. The number of nitrogens with zero attached hydrogens (tertiary/aromatic N) is 2. The van der Waals surface area contributed by atoms with Gasteiger partial charge in [-0.05, 0) is 82.9 Å². The zero-order chi connectivity index (χ0) is 35.6. The van der Waals surface area contributed by atoms with Crippen LogP contribution < -0.4 is 9.80 Å². The summed E-state index contributed by atoms with van der Waals surface area (Å²) in [6.07, 6.45) is 0. The molecule has 0 radical (unpaired) electrons. The van der Waals surface area contributed by atoms with Crippen LogP contribution in [0.4, 0.5) is 34.1 Å². The molecule has 0 amide bonds. The average molecular weight is 709 g/mol. The molecule has 0 spiro atoms. The van der Waals surface area contributed by atoms with Crippen molar-refractivity contribution in [3.05, 3.63) is 194 Å². The molecule has 0 atom stereocenters. The van der Waals surface area contributed by atoms with Crippen molar-refractivity contribution < 1.29 is 4.42 Å². The fourth-order valence-electron chi connectivity index (χ4n) is 8.20. The largest absolute Gasteiger partial charge is 0.456 e. The molecule has 0 aliphatic heterocycles. The second-order valence-electron chi connectivity index (χ2n) is 13.7. The van der Waals surface area contributed by atoms with E-state index >= 15 is 0 Å². The Hall–Kier alpha value is -6.88. The van der Waals surface area contributed by atoms with Gasteiger partial charge in [0.15, 0.2) is 0 Å². The Balaban J connectivity index is 1.22. The highest BCUT2D eigenvalue weighted by atomic mass is 32.1. The molecular formula is C50H32N2OS. The fraction of sp³-hybridized carbons (Fsp3) is 0. The van der Waals surface area contributed by atoms with Gasteiger partial charge in [-0.15, -0.1) is 11.3 Å². The number of furan rings is 1. The van der Waals surface area contributed by atoms with Crippen molar-refractivity contribution in [2.45, 2.75) is 0 Å². The Kier molecular flexibility index (Phi) is 7.04. The number of anilines is 6. The summed E-state index contributed by atoms with van der Waals surface area (Å²) in [4.78, 5) is 4.85. The summed E-state index contributed by atoms with van der Waals surface area (Å²) < 4.78 is 8.80. The first-order valence-corrected chi connectivity index (χ1v) is 19.1. The van der Waals surface area contributed by atoms with E-state index in [1.54, 1.807) is 0 Å². The molecule has 0 saturated carbocycles. The molecule has 2 aromatic heterocycles. The Morgan fingerprint density at radius 3 is 1.56 bits per heavy atom. The van der Waals surface area contributed by atoms with E-state index in [-0.39, 0.29) is 0 Å². The molecular weight excluding hydrogens is 677 g/mol. The van der Waals surface area contributed by atoms with Crippen molar-refractivity contribution >= 4 is 109 Å². The van der Waals surface area contributed by atoms with Crippen LogP contribution in [0.1, 0.15) is 0 Å². The zero-order valence-electron chi connectivity index (χ0n) is 29.2. The molecule has 11 aromatic rings. The summed E-state index contributed by atoms with van der Waals surface area (Å²) in [6, 6.07) is 69.7. The molecule has 0 unspecified atom stereocenters. The third kappa shape index (κ3) is 4.81. The zero-order valence-corrected chi connectivity index (χ0v) is 30.0. The standard InChI is InChI=1S/C50H32N2OS/c1-3-16-34(17-4-1)51(35-18-5-2-6-19-35)44-26-13-24-41-42-25-14-27-45(50(42)54-49(41)44)52(36-29-30-48-43(32-36)40-23-11-12-28-47(40)53-48)46-31-33-15-7-8-20-37(33)38-21-9-10-22-39(38)46/h1-32H. The van der Waals surface area contributed by atoms with Gasteiger partial charge >= 0.3 is 0 Å². The van der Waals surface area contributed by atoms with Crippen LogP contribution in [-0.4, -0.2) is 0 Å². The number of para-hydroxylation sites is 3. The normalized spacial score (nSPS) is 11.7. The molecule has 254 valence electrons. The first-order valence-electron chi connectivity index (χ1n) is 18.3. The molecule has 0 fully saturated rings. The number of hydrogen-bond acceptors (Lipinski definition) is 4. The lowest BCUT2D eigenvalue weighted by Gasteiger charge is -2.28. The van der Waals surface area contributed by atoms with Crippen LogP contribution in [0.25, 0.3) is 63.7 Å². The number of thiophene rings is 1. The summed E-state index contributed by atoms with van der Waals surface area (Å²) in [5.74, 6) is 0. The number of benzene rings is 9. The minimum absolute atomic E-state index is 0.884. The van der Waals surface area contributed by atoms with Crippen molar-refractivity contribution in [1.29, 1.82) is 0 Å². The van der Waals surface area contributed by atoms with E-state index in [9.17, 15) is 0 Å². The first kappa shape index (κ1) is 30.7. The highest BCUT2D eigenvalue weighted by Crippen LogP contribution is 2.51. The SMILES string of the molecule is c1ccc(N(c2ccccc2)c2cccc3c2sc2c(N(c4ccc5oc6ccccc6c5c4)c4cc5ccccc5c5ccccc45)cccc23)cc1. The summed E-state index contributed by atoms with van der Waals surface area (Å²) in [5, 5.41) is 9.59. The quantitative estimate of drug-likeness (QED) is 0.160. The molecule has 0 aliphatic rings. The van der Waals surface area contributed by atoms with Gasteiger partial charge in [-0.25, -0.2) is 0 Å². The van der Waals surface area contributed by atoms with E-state index in [1.807, 2.05) is 23.5 Å². The lowest BCUT2D eigenvalue weighted by Crippen LogP contribution is -2.10. The van der Waals surface area contributed by atoms with Crippen LogP contribution >= 0.6 is 11.3 Å². The average Bonchev–Trinajstić information content (AvgIpc) is 3.81. The predicted octanol–water partition coefficient (Wildman–Crippen LogP) is 15.2. The molecule has 0 aliphatic carbocycles. The van der Waals surface area contributed by atoms with Crippen LogP contribution in [-0.2, 0) is 0 Å². The van der Waals surface area contributed by atoms with E-state index in [1.165, 1.54) is 41.7 Å². The number of rotatable bonds is 6. The summed E-state index contributed by atoms with van der Waals surface area (Å²) in [7, 11) is 0. The smallest absolute Gasteiger partial charge is 0.135 e. The van der Waals surface area contributed by atoms with Gasteiger partial charge in [0.05, 0.1) is 26.5 Å². The van der Waals surface area contributed by atoms with Crippen molar-refractivity contribution in [2.75, 3.05) is 9.80 Å².